The molecular formula is C26H29N3O4. The molecule has 3 aromatic rings. The zero-order chi connectivity index (χ0) is 23.0. The molecule has 0 fully saturated rings. The summed E-state index contributed by atoms with van der Waals surface area (Å²) in [6.07, 6.45) is 5.53. The minimum atomic E-state index is -0.935. The molecule has 1 aliphatic rings. The van der Waals surface area contributed by atoms with Gasteiger partial charge >= 0.3 is 5.97 Å². The number of pyridine rings is 2. The van der Waals surface area contributed by atoms with Gasteiger partial charge in [0.25, 0.3) is 0 Å². The topological polar surface area (TPSA) is 84.8 Å². The van der Waals surface area contributed by atoms with Crippen LogP contribution in [0, 0.1) is 0 Å². The lowest BCUT2D eigenvalue weighted by Gasteiger charge is -2.31. The van der Waals surface area contributed by atoms with Gasteiger partial charge in [0.15, 0.2) is 6.10 Å². The van der Waals surface area contributed by atoms with Gasteiger partial charge in [0.05, 0.1) is 29.4 Å². The van der Waals surface area contributed by atoms with E-state index in [2.05, 4.69) is 27.0 Å². The van der Waals surface area contributed by atoms with Gasteiger partial charge in [0.1, 0.15) is 5.75 Å². The summed E-state index contributed by atoms with van der Waals surface area (Å²) in [5.74, 6) is -0.169. The molecule has 1 aliphatic heterocycles. The third-order valence-electron chi connectivity index (χ3n) is 5.59. The van der Waals surface area contributed by atoms with Crippen molar-refractivity contribution in [2.75, 3.05) is 24.7 Å². The van der Waals surface area contributed by atoms with Crippen molar-refractivity contribution in [3.05, 3.63) is 77.9 Å². The van der Waals surface area contributed by atoms with Gasteiger partial charge in [-0.25, -0.2) is 4.79 Å². The fourth-order valence-electron chi connectivity index (χ4n) is 3.98. The van der Waals surface area contributed by atoms with Gasteiger partial charge in [0, 0.05) is 38.4 Å². The highest BCUT2D eigenvalue weighted by Gasteiger charge is 2.23. The lowest BCUT2D eigenvalue weighted by atomic mass is 10.0. The number of aromatic nitrogens is 2. The van der Waals surface area contributed by atoms with Crippen LogP contribution in [0.15, 0.2) is 60.9 Å². The average molecular weight is 448 g/mol. The van der Waals surface area contributed by atoms with Crippen molar-refractivity contribution in [1.82, 2.24) is 9.97 Å². The first-order chi connectivity index (χ1) is 16.2. The number of carbonyl (C=O) groups is 1. The molecule has 7 nitrogen and oxygen atoms in total. The number of fused-ring (bicyclic) bond motifs is 2. The lowest BCUT2D eigenvalue weighted by molar-refractivity contribution is -0.150. The third kappa shape index (κ3) is 5.68. The Morgan fingerprint density at radius 3 is 2.30 bits per heavy atom. The molecule has 7 heteroatoms. The van der Waals surface area contributed by atoms with Gasteiger partial charge in [-0.05, 0) is 54.8 Å². The van der Waals surface area contributed by atoms with E-state index in [9.17, 15) is 9.90 Å². The van der Waals surface area contributed by atoms with E-state index >= 15 is 0 Å². The lowest BCUT2D eigenvalue weighted by Crippen LogP contribution is -2.27. The standard InChI is InChI=1S/C26H29N3O4/c1-2-15-33-25(26(30)31)17-19-8-10-20(11-9-19)32-16-5-14-29-23-6-3-12-27-21(23)18-22-24(29)7-4-13-28-22/h3-4,6-13,25H,2,5,14-18H2,1H3,(H,30,31). The Morgan fingerprint density at radius 2 is 1.70 bits per heavy atom. The van der Waals surface area contributed by atoms with Crippen LogP contribution in [0.5, 0.6) is 5.75 Å². The first-order valence-electron chi connectivity index (χ1n) is 11.4. The largest absolute Gasteiger partial charge is 0.494 e. The van der Waals surface area contributed by atoms with Gasteiger partial charge in [0.2, 0.25) is 0 Å². The molecule has 33 heavy (non-hydrogen) atoms. The molecule has 0 spiro atoms. The predicted molar refractivity (Wildman–Crippen MR) is 126 cm³/mol. The van der Waals surface area contributed by atoms with Crippen molar-refractivity contribution in [3.63, 3.8) is 0 Å². The summed E-state index contributed by atoms with van der Waals surface area (Å²) in [5, 5.41) is 9.33. The summed E-state index contributed by atoms with van der Waals surface area (Å²) in [6, 6.07) is 15.7. The number of hydrogen-bond acceptors (Lipinski definition) is 6. The van der Waals surface area contributed by atoms with E-state index in [0.717, 1.165) is 59.9 Å². The molecule has 3 heterocycles. The number of anilines is 2. The fourth-order valence-corrected chi connectivity index (χ4v) is 3.98. The summed E-state index contributed by atoms with van der Waals surface area (Å²) >= 11 is 0. The Balaban J connectivity index is 1.31. The van der Waals surface area contributed by atoms with Crippen LogP contribution in [0.25, 0.3) is 0 Å². The second kappa shape index (κ2) is 10.9. The van der Waals surface area contributed by atoms with Crippen LogP contribution in [-0.4, -0.2) is 46.9 Å². The number of carboxylic acids is 1. The summed E-state index contributed by atoms with van der Waals surface area (Å²) in [4.78, 5) is 22.7. The highest BCUT2D eigenvalue weighted by Crippen LogP contribution is 2.36. The molecule has 1 N–H and O–H groups in total. The van der Waals surface area contributed by atoms with Crippen LogP contribution in [0.4, 0.5) is 11.4 Å². The summed E-state index contributed by atoms with van der Waals surface area (Å²) in [5.41, 5.74) is 5.25. The highest BCUT2D eigenvalue weighted by molar-refractivity contribution is 5.73. The van der Waals surface area contributed by atoms with E-state index in [-0.39, 0.29) is 0 Å². The molecule has 1 aromatic carbocycles. The summed E-state index contributed by atoms with van der Waals surface area (Å²) in [6.45, 7) is 3.76. The van der Waals surface area contributed by atoms with Gasteiger partial charge in [-0.3, -0.25) is 9.97 Å². The first kappa shape index (κ1) is 22.7. The van der Waals surface area contributed by atoms with Crippen LogP contribution in [0.3, 0.4) is 0 Å². The molecule has 2 aromatic heterocycles. The monoisotopic (exact) mass is 447 g/mol. The molecule has 0 amide bonds. The highest BCUT2D eigenvalue weighted by atomic mass is 16.5. The number of carboxylic acid groups (broad SMARTS) is 1. The molecule has 1 unspecified atom stereocenters. The van der Waals surface area contributed by atoms with E-state index in [4.69, 9.17) is 9.47 Å². The fraction of sp³-hybridized carbons (Fsp3) is 0.346. The number of nitrogens with zero attached hydrogens (tertiary/aromatic N) is 3. The molecule has 0 aliphatic carbocycles. The quantitative estimate of drug-likeness (QED) is 0.436. The van der Waals surface area contributed by atoms with Crippen LogP contribution in [0.1, 0.15) is 36.7 Å². The average Bonchev–Trinajstić information content (AvgIpc) is 2.84. The molecule has 0 bridgehead atoms. The maximum absolute atomic E-state index is 11.4. The van der Waals surface area contributed by atoms with Gasteiger partial charge in [-0.1, -0.05) is 19.1 Å². The maximum atomic E-state index is 11.4. The Bertz CT molecular complexity index is 1030. The minimum Gasteiger partial charge on any atom is -0.494 e. The molecule has 4 rings (SSSR count). The molecule has 172 valence electrons. The van der Waals surface area contributed by atoms with Crippen molar-refractivity contribution >= 4 is 17.3 Å². The van der Waals surface area contributed by atoms with Crippen molar-refractivity contribution in [2.45, 2.75) is 38.7 Å². The molecular weight excluding hydrogens is 418 g/mol. The molecule has 0 saturated carbocycles. The third-order valence-corrected chi connectivity index (χ3v) is 5.59. The van der Waals surface area contributed by atoms with E-state index in [1.807, 2.05) is 55.7 Å². The Kier molecular flexibility index (Phi) is 7.52. The van der Waals surface area contributed by atoms with E-state index in [1.54, 1.807) is 0 Å². The number of ether oxygens (including phenoxy) is 2. The SMILES string of the molecule is CCCOC(Cc1ccc(OCCCN2c3cccnc3Cc3ncccc32)cc1)C(=O)O. The molecule has 1 atom stereocenters. The zero-order valence-corrected chi connectivity index (χ0v) is 18.8. The van der Waals surface area contributed by atoms with Gasteiger partial charge in [-0.15, -0.1) is 0 Å². The van der Waals surface area contributed by atoms with E-state index in [0.29, 0.717) is 19.6 Å². The Hall–Kier alpha value is -3.45. The van der Waals surface area contributed by atoms with E-state index < -0.39 is 12.1 Å². The Labute approximate surface area is 194 Å². The predicted octanol–water partition coefficient (Wildman–Crippen LogP) is 4.41. The summed E-state index contributed by atoms with van der Waals surface area (Å²) < 4.78 is 11.4. The minimum absolute atomic E-state index is 0.339. The van der Waals surface area contributed by atoms with Crippen molar-refractivity contribution in [2.24, 2.45) is 0 Å². The van der Waals surface area contributed by atoms with Crippen LogP contribution in [-0.2, 0) is 22.4 Å². The number of rotatable bonds is 11. The van der Waals surface area contributed by atoms with Gasteiger partial charge < -0.3 is 19.5 Å². The maximum Gasteiger partial charge on any atom is 0.333 e. The molecule has 0 saturated heterocycles. The molecule has 0 radical (unpaired) electrons. The number of hydrogen-bond donors (Lipinski definition) is 1. The zero-order valence-electron chi connectivity index (χ0n) is 18.8. The van der Waals surface area contributed by atoms with Crippen LogP contribution < -0.4 is 9.64 Å². The second-order valence-electron chi connectivity index (χ2n) is 8.01. The number of aliphatic carboxylic acids is 1. The number of benzene rings is 1. The van der Waals surface area contributed by atoms with Crippen molar-refractivity contribution in [3.8, 4) is 5.75 Å². The normalized spacial score (nSPS) is 13.2. The second-order valence-corrected chi connectivity index (χ2v) is 8.01. The van der Waals surface area contributed by atoms with Crippen molar-refractivity contribution < 1.29 is 19.4 Å². The smallest absolute Gasteiger partial charge is 0.333 e. The van der Waals surface area contributed by atoms with Crippen LogP contribution in [0.2, 0.25) is 0 Å². The Morgan fingerprint density at radius 1 is 1.03 bits per heavy atom. The van der Waals surface area contributed by atoms with Gasteiger partial charge in [-0.2, -0.15) is 0 Å². The van der Waals surface area contributed by atoms with Crippen LogP contribution >= 0.6 is 0 Å². The van der Waals surface area contributed by atoms with Crippen molar-refractivity contribution in [1.29, 1.82) is 0 Å². The summed E-state index contributed by atoms with van der Waals surface area (Å²) in [7, 11) is 0. The van der Waals surface area contributed by atoms with E-state index in [1.165, 1.54) is 0 Å². The first-order valence-corrected chi connectivity index (χ1v) is 11.4.